The molecule has 20 heavy (non-hydrogen) atoms. The number of benzene rings is 2. The zero-order valence-corrected chi connectivity index (χ0v) is 10.9. The van der Waals surface area contributed by atoms with Crippen molar-refractivity contribution in [3.63, 3.8) is 0 Å². The van der Waals surface area contributed by atoms with Gasteiger partial charge in [-0.3, -0.25) is 9.59 Å². The van der Waals surface area contributed by atoms with Gasteiger partial charge in [0.2, 0.25) is 0 Å². The monoisotopic (exact) mass is 264 g/mol. The van der Waals surface area contributed by atoms with Gasteiger partial charge >= 0.3 is 0 Å². The zero-order chi connectivity index (χ0) is 14.1. The van der Waals surface area contributed by atoms with Gasteiger partial charge in [-0.2, -0.15) is 10.1 Å². The van der Waals surface area contributed by atoms with E-state index in [-0.39, 0.29) is 11.8 Å². The Morgan fingerprint density at radius 2 is 1.60 bits per heavy atom. The van der Waals surface area contributed by atoms with Crippen molar-refractivity contribution < 1.29 is 9.59 Å². The van der Waals surface area contributed by atoms with Gasteiger partial charge in [0.1, 0.15) is 0 Å². The molecule has 98 valence electrons. The zero-order valence-electron chi connectivity index (χ0n) is 10.9. The lowest BCUT2D eigenvalue weighted by molar-refractivity contribution is 0.0660. The fourth-order valence-corrected chi connectivity index (χ4v) is 2.16. The molecular weight excluding hydrogens is 252 g/mol. The Morgan fingerprint density at radius 3 is 2.20 bits per heavy atom. The van der Waals surface area contributed by atoms with Crippen LogP contribution in [0.15, 0.2) is 53.6 Å². The summed E-state index contributed by atoms with van der Waals surface area (Å²) < 4.78 is 0. The molecule has 0 spiro atoms. The number of aryl methyl sites for hydroxylation is 1. The topological polar surface area (TPSA) is 49.7 Å². The average Bonchev–Trinajstić information content (AvgIpc) is 2.70. The predicted molar refractivity (Wildman–Crippen MR) is 75.7 cm³/mol. The highest BCUT2D eigenvalue weighted by Gasteiger charge is 2.35. The molecule has 1 aliphatic heterocycles. The molecule has 1 aliphatic rings. The Labute approximate surface area is 116 Å². The summed E-state index contributed by atoms with van der Waals surface area (Å²) in [5, 5.41) is 4.93. The Bertz CT molecular complexity index is 700. The van der Waals surface area contributed by atoms with E-state index >= 15 is 0 Å². The van der Waals surface area contributed by atoms with E-state index in [0.29, 0.717) is 11.1 Å². The molecule has 0 saturated heterocycles. The maximum absolute atomic E-state index is 12.1. The minimum Gasteiger partial charge on any atom is -0.267 e. The normalized spacial score (nSPS) is 14.2. The lowest BCUT2D eigenvalue weighted by Crippen LogP contribution is -2.23. The summed E-state index contributed by atoms with van der Waals surface area (Å²) in [4.78, 5) is 24.2. The predicted octanol–water partition coefficient (Wildman–Crippen LogP) is 2.63. The highest BCUT2D eigenvalue weighted by atomic mass is 16.2. The van der Waals surface area contributed by atoms with Crippen molar-refractivity contribution in [2.24, 2.45) is 5.10 Å². The maximum Gasteiger partial charge on any atom is 0.282 e. The second kappa shape index (κ2) is 4.74. The van der Waals surface area contributed by atoms with Crippen molar-refractivity contribution in [2.75, 3.05) is 0 Å². The summed E-state index contributed by atoms with van der Waals surface area (Å²) in [5.41, 5.74) is 2.75. The van der Waals surface area contributed by atoms with Gasteiger partial charge in [-0.15, -0.1) is 0 Å². The molecule has 0 bridgehead atoms. The average molecular weight is 264 g/mol. The van der Waals surface area contributed by atoms with Gasteiger partial charge in [-0.1, -0.05) is 42.0 Å². The van der Waals surface area contributed by atoms with Crippen LogP contribution in [0.3, 0.4) is 0 Å². The van der Waals surface area contributed by atoms with Crippen molar-refractivity contribution in [2.45, 2.75) is 6.92 Å². The molecule has 0 radical (unpaired) electrons. The molecule has 3 rings (SSSR count). The second-order valence-corrected chi connectivity index (χ2v) is 4.63. The molecule has 0 N–H and O–H groups in total. The molecule has 0 unspecified atom stereocenters. The number of hydrogen-bond acceptors (Lipinski definition) is 3. The summed E-state index contributed by atoms with van der Waals surface area (Å²) >= 11 is 0. The molecular formula is C16H12N2O2. The fraction of sp³-hybridized carbons (Fsp3) is 0.0625. The molecule has 0 aromatic heterocycles. The Hall–Kier alpha value is -2.75. The number of hydrazone groups is 1. The van der Waals surface area contributed by atoms with Gasteiger partial charge in [0.05, 0.1) is 17.3 Å². The van der Waals surface area contributed by atoms with Crippen molar-refractivity contribution in [3.05, 3.63) is 70.8 Å². The van der Waals surface area contributed by atoms with Gasteiger partial charge in [0, 0.05) is 0 Å². The summed E-state index contributed by atoms with van der Waals surface area (Å²) in [7, 11) is 0. The van der Waals surface area contributed by atoms with Gasteiger partial charge in [-0.05, 0) is 24.6 Å². The van der Waals surface area contributed by atoms with E-state index < -0.39 is 0 Å². The van der Waals surface area contributed by atoms with Crippen molar-refractivity contribution in [3.8, 4) is 0 Å². The molecule has 2 aromatic carbocycles. The number of rotatable bonds is 2. The third-order valence-corrected chi connectivity index (χ3v) is 3.14. The number of carbonyl (C=O) groups excluding carboxylic acids is 2. The molecule has 0 fully saturated rings. The van der Waals surface area contributed by atoms with Gasteiger partial charge in [0.15, 0.2) is 0 Å². The number of nitrogens with zero attached hydrogens (tertiary/aromatic N) is 2. The minimum atomic E-state index is -0.380. The molecule has 0 saturated carbocycles. The lowest BCUT2D eigenvalue weighted by atomic mass is 10.1. The van der Waals surface area contributed by atoms with E-state index in [0.717, 1.165) is 16.1 Å². The van der Waals surface area contributed by atoms with E-state index in [9.17, 15) is 9.59 Å². The lowest BCUT2D eigenvalue weighted by Gasteiger charge is -2.05. The van der Waals surface area contributed by atoms with E-state index in [2.05, 4.69) is 5.10 Å². The number of imide groups is 1. The first-order valence-electron chi connectivity index (χ1n) is 6.25. The minimum absolute atomic E-state index is 0.380. The molecule has 0 atom stereocenters. The second-order valence-electron chi connectivity index (χ2n) is 4.63. The van der Waals surface area contributed by atoms with E-state index in [1.165, 1.54) is 6.21 Å². The molecule has 2 aromatic rings. The van der Waals surface area contributed by atoms with Gasteiger partial charge in [0.25, 0.3) is 11.8 Å². The van der Waals surface area contributed by atoms with Crippen LogP contribution in [0.5, 0.6) is 0 Å². The number of fused-ring (bicyclic) bond motifs is 1. The molecule has 0 aliphatic carbocycles. The van der Waals surface area contributed by atoms with Crippen LogP contribution in [0.25, 0.3) is 0 Å². The largest absolute Gasteiger partial charge is 0.282 e. The molecule has 1 heterocycles. The van der Waals surface area contributed by atoms with Crippen molar-refractivity contribution >= 4 is 18.0 Å². The van der Waals surface area contributed by atoms with Crippen LogP contribution in [0.2, 0.25) is 0 Å². The fourth-order valence-electron chi connectivity index (χ4n) is 2.16. The third kappa shape index (κ3) is 2.01. The first-order chi connectivity index (χ1) is 9.66. The molecule has 2 amide bonds. The van der Waals surface area contributed by atoms with Crippen LogP contribution in [-0.2, 0) is 0 Å². The standard InChI is InChI=1S/C16H12N2O2/c1-11-5-4-6-12(9-11)10-17-18-15(19)13-7-2-3-8-14(13)16(18)20/h2-10H,1H3. The number of carbonyl (C=O) groups is 2. The first-order valence-corrected chi connectivity index (χ1v) is 6.25. The summed E-state index contributed by atoms with van der Waals surface area (Å²) in [6.45, 7) is 1.97. The van der Waals surface area contributed by atoms with Crippen LogP contribution < -0.4 is 0 Å². The van der Waals surface area contributed by atoms with Crippen LogP contribution in [0.1, 0.15) is 31.8 Å². The van der Waals surface area contributed by atoms with Gasteiger partial charge < -0.3 is 0 Å². The number of amides is 2. The summed E-state index contributed by atoms with van der Waals surface area (Å²) in [5.74, 6) is -0.760. The summed E-state index contributed by atoms with van der Waals surface area (Å²) in [6.07, 6.45) is 1.52. The van der Waals surface area contributed by atoms with Crippen molar-refractivity contribution in [1.29, 1.82) is 0 Å². The van der Waals surface area contributed by atoms with Gasteiger partial charge in [-0.25, -0.2) is 0 Å². The molecule has 4 heteroatoms. The highest BCUT2D eigenvalue weighted by Crippen LogP contribution is 2.22. The van der Waals surface area contributed by atoms with Crippen molar-refractivity contribution in [1.82, 2.24) is 5.01 Å². The summed E-state index contributed by atoms with van der Waals surface area (Å²) in [6, 6.07) is 14.4. The maximum atomic E-state index is 12.1. The Kier molecular flexibility index (Phi) is 2.91. The Balaban J connectivity index is 1.90. The Morgan fingerprint density at radius 1 is 0.950 bits per heavy atom. The van der Waals surface area contributed by atoms with E-state index in [1.807, 2.05) is 31.2 Å². The van der Waals surface area contributed by atoms with Crippen LogP contribution in [0, 0.1) is 6.92 Å². The SMILES string of the molecule is Cc1cccc(C=NN2C(=O)c3ccccc3C2=O)c1. The van der Waals surface area contributed by atoms with E-state index in [1.54, 1.807) is 24.3 Å². The highest BCUT2D eigenvalue weighted by molar-refractivity contribution is 6.21. The molecule has 4 nitrogen and oxygen atoms in total. The van der Waals surface area contributed by atoms with Crippen LogP contribution in [-0.4, -0.2) is 23.0 Å². The third-order valence-electron chi connectivity index (χ3n) is 3.14. The first kappa shape index (κ1) is 12.3. The van der Waals surface area contributed by atoms with Crippen LogP contribution >= 0.6 is 0 Å². The number of hydrogen-bond donors (Lipinski definition) is 0. The smallest absolute Gasteiger partial charge is 0.267 e. The van der Waals surface area contributed by atoms with Crippen LogP contribution in [0.4, 0.5) is 0 Å². The van der Waals surface area contributed by atoms with E-state index in [4.69, 9.17) is 0 Å². The quantitative estimate of drug-likeness (QED) is 0.618.